The van der Waals surface area contributed by atoms with Gasteiger partial charge in [0.2, 0.25) is 5.67 Å². The van der Waals surface area contributed by atoms with Gasteiger partial charge in [-0.3, -0.25) is 0 Å². The first-order valence-electron chi connectivity index (χ1n) is 6.75. The van der Waals surface area contributed by atoms with Crippen molar-refractivity contribution in [2.45, 2.75) is 18.5 Å². The van der Waals surface area contributed by atoms with Crippen LogP contribution in [0.15, 0.2) is 12.2 Å². The summed E-state index contributed by atoms with van der Waals surface area (Å²) in [5, 5.41) is 0. The molecular formula is C14H15FO2. The molecule has 3 heteroatoms. The summed E-state index contributed by atoms with van der Waals surface area (Å²) in [6.07, 6.45) is 6.75. The molecule has 0 amide bonds. The van der Waals surface area contributed by atoms with Gasteiger partial charge >= 0.3 is 5.97 Å². The van der Waals surface area contributed by atoms with Gasteiger partial charge in [0.05, 0.1) is 6.61 Å². The fourth-order valence-electron chi connectivity index (χ4n) is 5.97. The molecule has 1 saturated heterocycles. The molecule has 0 aromatic heterocycles. The maximum absolute atomic E-state index is 15.1. The van der Waals surface area contributed by atoms with Gasteiger partial charge in [-0.2, -0.15) is 0 Å². The number of carbonyl (C=O) groups excluding carboxylic acids is 1. The number of halogens is 1. The van der Waals surface area contributed by atoms with E-state index in [9.17, 15) is 4.79 Å². The molecule has 0 aromatic carbocycles. The van der Waals surface area contributed by atoms with E-state index in [0.29, 0.717) is 36.2 Å². The molecule has 0 N–H and O–H groups in total. The third kappa shape index (κ3) is 0.747. The van der Waals surface area contributed by atoms with Crippen LogP contribution in [0.3, 0.4) is 0 Å². The molecule has 90 valence electrons. The number of esters is 1. The second-order valence-corrected chi connectivity index (χ2v) is 6.58. The summed E-state index contributed by atoms with van der Waals surface area (Å²) >= 11 is 0. The van der Waals surface area contributed by atoms with Crippen molar-refractivity contribution in [3.05, 3.63) is 12.2 Å². The summed E-state index contributed by atoms with van der Waals surface area (Å²) < 4.78 is 20.1. The van der Waals surface area contributed by atoms with Crippen molar-refractivity contribution in [1.82, 2.24) is 0 Å². The fraction of sp³-hybridized carbons (Fsp3) is 0.786. The lowest BCUT2D eigenvalue weighted by atomic mass is 9.64. The Hall–Kier alpha value is -0.860. The molecule has 4 aliphatic carbocycles. The van der Waals surface area contributed by atoms with Crippen LogP contribution in [0.2, 0.25) is 0 Å². The summed E-state index contributed by atoms with van der Waals surface area (Å²) in [6.45, 7) is 0.334. The molecule has 3 saturated carbocycles. The number of hydrogen-bond acceptors (Lipinski definition) is 2. The smallest absolute Gasteiger partial charge is 0.344 e. The number of hydrogen-bond donors (Lipinski definition) is 0. The van der Waals surface area contributed by atoms with Crippen LogP contribution in [0.1, 0.15) is 12.8 Å². The number of carbonyl (C=O) groups is 1. The lowest BCUT2D eigenvalue weighted by Gasteiger charge is -2.39. The van der Waals surface area contributed by atoms with E-state index < -0.39 is 11.6 Å². The quantitative estimate of drug-likeness (QED) is 0.364. The largest absolute Gasteiger partial charge is 0.463 e. The van der Waals surface area contributed by atoms with Crippen LogP contribution in [0.5, 0.6) is 0 Å². The summed E-state index contributed by atoms with van der Waals surface area (Å²) in [5.41, 5.74) is -1.62. The highest BCUT2D eigenvalue weighted by atomic mass is 19.1. The first kappa shape index (κ1) is 9.12. The van der Waals surface area contributed by atoms with E-state index in [0.717, 1.165) is 6.42 Å². The predicted octanol–water partition coefficient (Wildman–Crippen LogP) is 1.96. The number of ether oxygens (including phenoxy) is 1. The Morgan fingerprint density at radius 2 is 1.94 bits per heavy atom. The van der Waals surface area contributed by atoms with Gasteiger partial charge in [-0.1, -0.05) is 12.2 Å². The van der Waals surface area contributed by atoms with Crippen molar-refractivity contribution < 1.29 is 13.9 Å². The molecule has 1 heterocycles. The summed E-state index contributed by atoms with van der Waals surface area (Å²) in [7, 11) is 0. The number of cyclic esters (lactones) is 1. The molecular weight excluding hydrogens is 219 g/mol. The lowest BCUT2D eigenvalue weighted by Crippen LogP contribution is -2.49. The van der Waals surface area contributed by atoms with E-state index in [2.05, 4.69) is 12.2 Å². The Labute approximate surface area is 99.2 Å². The Balaban J connectivity index is 1.66. The molecule has 8 atom stereocenters. The zero-order valence-corrected chi connectivity index (χ0v) is 9.51. The van der Waals surface area contributed by atoms with Crippen LogP contribution in [0.4, 0.5) is 4.39 Å². The van der Waals surface area contributed by atoms with Gasteiger partial charge in [0.1, 0.15) is 0 Å². The van der Waals surface area contributed by atoms with E-state index in [1.807, 2.05) is 0 Å². The predicted molar refractivity (Wildman–Crippen MR) is 57.6 cm³/mol. The number of rotatable bonds is 0. The minimum absolute atomic E-state index is 0.0440. The molecule has 5 aliphatic rings. The Morgan fingerprint density at radius 3 is 2.76 bits per heavy atom. The maximum Gasteiger partial charge on any atom is 0.344 e. The Morgan fingerprint density at radius 1 is 1.18 bits per heavy atom. The molecule has 5 rings (SSSR count). The molecule has 0 spiro atoms. The van der Waals surface area contributed by atoms with Crippen LogP contribution >= 0.6 is 0 Å². The SMILES string of the molecule is O=C1OCC2C3CC(C4C5C=CC(C5)C34)C12F. The molecule has 4 bridgehead atoms. The van der Waals surface area contributed by atoms with Crippen molar-refractivity contribution >= 4 is 5.97 Å². The first-order valence-corrected chi connectivity index (χ1v) is 6.75. The summed E-state index contributed by atoms with van der Waals surface area (Å²) in [5.74, 6) is 1.97. The van der Waals surface area contributed by atoms with E-state index in [4.69, 9.17) is 4.74 Å². The molecule has 4 fully saturated rings. The topological polar surface area (TPSA) is 26.3 Å². The first-order chi connectivity index (χ1) is 8.21. The van der Waals surface area contributed by atoms with Gasteiger partial charge in [-0.25, -0.2) is 9.18 Å². The third-order valence-electron chi connectivity index (χ3n) is 6.37. The third-order valence-corrected chi connectivity index (χ3v) is 6.37. The Kier molecular flexibility index (Phi) is 1.32. The minimum Gasteiger partial charge on any atom is -0.463 e. The standard InChI is InChI=1S/C14H15FO2/c15-14-9-4-8(10(14)5-17-13(14)16)11-6-1-2-7(3-6)12(9)11/h1-2,6-12H,3-5H2. The van der Waals surface area contributed by atoms with Crippen molar-refractivity contribution in [2.75, 3.05) is 6.61 Å². The van der Waals surface area contributed by atoms with Gasteiger partial charge in [-0.15, -0.1) is 0 Å². The fourth-order valence-corrected chi connectivity index (χ4v) is 5.97. The second kappa shape index (κ2) is 2.45. The molecule has 8 unspecified atom stereocenters. The van der Waals surface area contributed by atoms with Crippen molar-refractivity contribution in [1.29, 1.82) is 0 Å². The van der Waals surface area contributed by atoms with Gasteiger partial charge in [0, 0.05) is 11.8 Å². The average Bonchev–Trinajstić information content (AvgIpc) is 3.03. The average molecular weight is 234 g/mol. The van der Waals surface area contributed by atoms with Gasteiger partial charge in [0.25, 0.3) is 0 Å². The van der Waals surface area contributed by atoms with E-state index in [1.165, 1.54) is 6.42 Å². The van der Waals surface area contributed by atoms with Crippen molar-refractivity contribution in [2.24, 2.45) is 41.4 Å². The zero-order chi connectivity index (χ0) is 11.4. The molecule has 1 aliphatic heterocycles. The van der Waals surface area contributed by atoms with Gasteiger partial charge < -0.3 is 4.74 Å². The van der Waals surface area contributed by atoms with E-state index in [-0.39, 0.29) is 11.8 Å². The van der Waals surface area contributed by atoms with Gasteiger partial charge in [-0.05, 0) is 42.4 Å². The highest BCUT2D eigenvalue weighted by Gasteiger charge is 2.76. The van der Waals surface area contributed by atoms with E-state index >= 15 is 4.39 Å². The lowest BCUT2D eigenvalue weighted by molar-refractivity contribution is -0.152. The minimum atomic E-state index is -1.62. The van der Waals surface area contributed by atoms with Crippen LogP contribution in [-0.4, -0.2) is 18.2 Å². The van der Waals surface area contributed by atoms with Crippen molar-refractivity contribution in [3.63, 3.8) is 0 Å². The number of allylic oxidation sites excluding steroid dienone is 2. The van der Waals surface area contributed by atoms with E-state index in [1.54, 1.807) is 0 Å². The zero-order valence-electron chi connectivity index (χ0n) is 9.51. The normalized spacial score (nSPS) is 65.2. The van der Waals surface area contributed by atoms with Crippen LogP contribution < -0.4 is 0 Å². The summed E-state index contributed by atoms with van der Waals surface area (Å²) in [4.78, 5) is 11.7. The highest BCUT2D eigenvalue weighted by molar-refractivity contribution is 5.83. The maximum atomic E-state index is 15.1. The molecule has 17 heavy (non-hydrogen) atoms. The second-order valence-electron chi connectivity index (χ2n) is 6.58. The Bertz CT molecular complexity index is 457. The number of fused-ring (bicyclic) bond motifs is 12. The monoisotopic (exact) mass is 234 g/mol. The highest BCUT2D eigenvalue weighted by Crippen LogP contribution is 2.71. The number of alkyl halides is 1. The molecule has 0 radical (unpaired) electrons. The molecule has 2 nitrogen and oxygen atoms in total. The van der Waals surface area contributed by atoms with Crippen molar-refractivity contribution in [3.8, 4) is 0 Å². The van der Waals surface area contributed by atoms with Gasteiger partial charge in [0.15, 0.2) is 0 Å². The van der Waals surface area contributed by atoms with Crippen LogP contribution in [-0.2, 0) is 9.53 Å². The summed E-state index contributed by atoms with van der Waals surface area (Å²) in [6, 6.07) is 0. The van der Waals surface area contributed by atoms with Crippen LogP contribution in [0.25, 0.3) is 0 Å². The molecule has 0 aromatic rings. The van der Waals surface area contributed by atoms with Crippen LogP contribution in [0, 0.1) is 41.4 Å².